The zero-order chi connectivity index (χ0) is 9.40. The number of allylic oxidation sites excluding steroid dienone is 5. The summed E-state index contributed by atoms with van der Waals surface area (Å²) < 4.78 is 0. The summed E-state index contributed by atoms with van der Waals surface area (Å²) in [5.41, 5.74) is 1.38. The third-order valence-corrected chi connectivity index (χ3v) is 1.99. The van der Waals surface area contributed by atoms with Gasteiger partial charge in [-0.05, 0) is 24.8 Å². The lowest BCUT2D eigenvalue weighted by molar-refractivity contribution is 0.562. The molecule has 0 aliphatic carbocycles. The molecule has 0 rings (SSSR count). The minimum atomic E-state index is 0.771. The van der Waals surface area contributed by atoms with E-state index in [1.807, 2.05) is 13.0 Å². The van der Waals surface area contributed by atoms with E-state index in [1.54, 1.807) is 0 Å². The van der Waals surface area contributed by atoms with Gasteiger partial charge in [-0.3, -0.25) is 0 Å². The molecule has 68 valence electrons. The average Bonchev–Trinajstić information content (AvgIpc) is 2.05. The summed E-state index contributed by atoms with van der Waals surface area (Å²) in [6, 6.07) is 0. The fourth-order valence-corrected chi connectivity index (χ4v) is 1.10. The van der Waals surface area contributed by atoms with E-state index in [1.165, 1.54) is 12.0 Å². The zero-order valence-electron chi connectivity index (χ0n) is 8.51. The molecule has 12 heavy (non-hydrogen) atoms. The van der Waals surface area contributed by atoms with E-state index in [-0.39, 0.29) is 0 Å². The average molecular weight is 164 g/mol. The summed E-state index contributed by atoms with van der Waals surface area (Å²) in [6.07, 6.45) is 10.6. The van der Waals surface area contributed by atoms with Gasteiger partial charge in [-0.25, -0.2) is 0 Å². The molecule has 1 atom stereocenters. The topological polar surface area (TPSA) is 0 Å². The zero-order valence-corrected chi connectivity index (χ0v) is 8.51. The van der Waals surface area contributed by atoms with Crippen molar-refractivity contribution in [2.75, 3.05) is 0 Å². The Bertz CT molecular complexity index is 172. The highest BCUT2D eigenvalue weighted by atomic mass is 14.0. The van der Waals surface area contributed by atoms with Gasteiger partial charge >= 0.3 is 0 Å². The SMILES string of the molecule is C=CC=C(C=CC)CC(C)CC. The Labute approximate surface area is 76.7 Å². The second-order valence-electron chi connectivity index (χ2n) is 3.19. The Morgan fingerprint density at radius 3 is 2.58 bits per heavy atom. The van der Waals surface area contributed by atoms with Gasteiger partial charge in [0.25, 0.3) is 0 Å². The largest absolute Gasteiger partial charge is 0.0991 e. The van der Waals surface area contributed by atoms with E-state index < -0.39 is 0 Å². The summed E-state index contributed by atoms with van der Waals surface area (Å²) in [5.74, 6) is 0.771. The number of rotatable bonds is 5. The summed E-state index contributed by atoms with van der Waals surface area (Å²) in [5, 5.41) is 0. The van der Waals surface area contributed by atoms with Crippen LogP contribution in [-0.2, 0) is 0 Å². The van der Waals surface area contributed by atoms with Crippen LogP contribution < -0.4 is 0 Å². The van der Waals surface area contributed by atoms with Crippen molar-refractivity contribution in [1.29, 1.82) is 0 Å². The van der Waals surface area contributed by atoms with Gasteiger partial charge in [-0.1, -0.05) is 51.2 Å². The Hall–Kier alpha value is -0.780. The molecular weight excluding hydrogens is 144 g/mol. The van der Waals surface area contributed by atoms with Crippen molar-refractivity contribution in [3.63, 3.8) is 0 Å². The highest BCUT2D eigenvalue weighted by Crippen LogP contribution is 2.15. The van der Waals surface area contributed by atoms with Crippen LogP contribution in [-0.4, -0.2) is 0 Å². The van der Waals surface area contributed by atoms with Gasteiger partial charge in [-0.2, -0.15) is 0 Å². The van der Waals surface area contributed by atoms with Crippen LogP contribution in [0.2, 0.25) is 0 Å². The predicted octanol–water partition coefficient (Wildman–Crippen LogP) is 4.11. The molecule has 0 aromatic heterocycles. The molecule has 0 aromatic carbocycles. The van der Waals surface area contributed by atoms with Crippen LogP contribution >= 0.6 is 0 Å². The van der Waals surface area contributed by atoms with Crippen molar-refractivity contribution in [2.45, 2.75) is 33.6 Å². The molecular formula is C12H20. The van der Waals surface area contributed by atoms with Gasteiger partial charge in [0.1, 0.15) is 0 Å². The summed E-state index contributed by atoms with van der Waals surface area (Å²) in [4.78, 5) is 0. The molecule has 0 fully saturated rings. The Morgan fingerprint density at radius 1 is 1.50 bits per heavy atom. The molecule has 0 spiro atoms. The van der Waals surface area contributed by atoms with Crippen molar-refractivity contribution in [3.8, 4) is 0 Å². The van der Waals surface area contributed by atoms with Crippen LogP contribution in [0.4, 0.5) is 0 Å². The molecule has 0 amide bonds. The second-order valence-corrected chi connectivity index (χ2v) is 3.19. The summed E-state index contributed by atoms with van der Waals surface area (Å²) in [6.45, 7) is 10.3. The highest BCUT2D eigenvalue weighted by Gasteiger charge is 1.99. The van der Waals surface area contributed by atoms with Crippen molar-refractivity contribution in [1.82, 2.24) is 0 Å². The number of hydrogen-bond acceptors (Lipinski definition) is 0. The van der Waals surface area contributed by atoms with Crippen molar-refractivity contribution < 1.29 is 0 Å². The van der Waals surface area contributed by atoms with Gasteiger partial charge in [0.15, 0.2) is 0 Å². The molecule has 0 aliphatic heterocycles. The molecule has 0 heteroatoms. The molecule has 0 aliphatic rings. The van der Waals surface area contributed by atoms with Gasteiger partial charge in [0.2, 0.25) is 0 Å². The quantitative estimate of drug-likeness (QED) is 0.536. The Morgan fingerprint density at radius 2 is 2.17 bits per heavy atom. The first-order valence-electron chi connectivity index (χ1n) is 4.68. The third-order valence-electron chi connectivity index (χ3n) is 1.99. The fraction of sp³-hybridized carbons (Fsp3) is 0.500. The molecule has 0 saturated heterocycles. The first-order chi connectivity index (χ1) is 5.74. The van der Waals surface area contributed by atoms with E-state index >= 15 is 0 Å². The molecule has 0 aromatic rings. The van der Waals surface area contributed by atoms with Gasteiger partial charge < -0.3 is 0 Å². The Kier molecular flexibility index (Phi) is 6.45. The second kappa shape index (κ2) is 6.90. The van der Waals surface area contributed by atoms with E-state index in [0.717, 1.165) is 12.3 Å². The highest BCUT2D eigenvalue weighted by molar-refractivity contribution is 5.22. The molecule has 0 radical (unpaired) electrons. The molecule has 0 saturated carbocycles. The van der Waals surface area contributed by atoms with Crippen LogP contribution in [0.1, 0.15) is 33.6 Å². The van der Waals surface area contributed by atoms with Gasteiger partial charge in [0.05, 0.1) is 0 Å². The lowest BCUT2D eigenvalue weighted by atomic mass is 9.98. The van der Waals surface area contributed by atoms with Gasteiger partial charge in [0, 0.05) is 0 Å². The van der Waals surface area contributed by atoms with E-state index in [2.05, 4.69) is 38.7 Å². The minimum absolute atomic E-state index is 0.771. The normalized spacial score (nSPS) is 15.1. The maximum absolute atomic E-state index is 3.71. The first-order valence-corrected chi connectivity index (χ1v) is 4.68. The maximum atomic E-state index is 3.71. The van der Waals surface area contributed by atoms with Crippen LogP contribution in [0.5, 0.6) is 0 Å². The fourth-order valence-electron chi connectivity index (χ4n) is 1.10. The van der Waals surface area contributed by atoms with Crippen LogP contribution in [0.3, 0.4) is 0 Å². The molecule has 1 unspecified atom stereocenters. The standard InChI is InChI=1S/C12H20/c1-5-8-12(9-6-2)10-11(4)7-3/h5-6,8-9,11H,1,7,10H2,2-4H3. The first kappa shape index (κ1) is 11.2. The molecule has 0 N–H and O–H groups in total. The number of hydrogen-bond donors (Lipinski definition) is 0. The van der Waals surface area contributed by atoms with E-state index in [9.17, 15) is 0 Å². The van der Waals surface area contributed by atoms with Crippen molar-refractivity contribution >= 4 is 0 Å². The lowest BCUT2D eigenvalue weighted by Crippen LogP contribution is -1.92. The molecule has 0 nitrogen and oxygen atoms in total. The molecule has 0 bridgehead atoms. The van der Waals surface area contributed by atoms with Crippen molar-refractivity contribution in [2.24, 2.45) is 5.92 Å². The van der Waals surface area contributed by atoms with E-state index in [4.69, 9.17) is 0 Å². The summed E-state index contributed by atoms with van der Waals surface area (Å²) >= 11 is 0. The van der Waals surface area contributed by atoms with E-state index in [0.29, 0.717) is 0 Å². The molecule has 0 heterocycles. The van der Waals surface area contributed by atoms with Crippen molar-refractivity contribution in [3.05, 3.63) is 36.5 Å². The minimum Gasteiger partial charge on any atom is -0.0991 e. The maximum Gasteiger partial charge on any atom is -0.0253 e. The smallest absolute Gasteiger partial charge is 0.0253 e. The van der Waals surface area contributed by atoms with Gasteiger partial charge in [-0.15, -0.1) is 0 Å². The summed E-state index contributed by atoms with van der Waals surface area (Å²) in [7, 11) is 0. The monoisotopic (exact) mass is 164 g/mol. The predicted molar refractivity (Wildman–Crippen MR) is 57.2 cm³/mol. The Balaban J connectivity index is 4.13. The van der Waals surface area contributed by atoms with Crippen LogP contribution in [0, 0.1) is 5.92 Å². The van der Waals surface area contributed by atoms with Crippen LogP contribution in [0.15, 0.2) is 36.5 Å². The van der Waals surface area contributed by atoms with Crippen LogP contribution in [0.25, 0.3) is 0 Å². The third kappa shape index (κ3) is 4.95. The lowest BCUT2D eigenvalue weighted by Gasteiger charge is -2.08.